The number of halogens is 3. The van der Waals surface area contributed by atoms with E-state index in [1.54, 1.807) is 0 Å². The number of alkyl halides is 3. The lowest BCUT2D eigenvalue weighted by Crippen LogP contribution is -2.57. The number of nitrogens with one attached hydrogen (secondary N) is 2. The molecule has 1 saturated heterocycles. The monoisotopic (exact) mass is 306 g/mol. The van der Waals surface area contributed by atoms with Crippen LogP contribution in [0.15, 0.2) is 0 Å². The van der Waals surface area contributed by atoms with E-state index in [1.807, 2.05) is 6.92 Å². The van der Waals surface area contributed by atoms with Gasteiger partial charge in [0.25, 0.3) is 0 Å². The summed E-state index contributed by atoms with van der Waals surface area (Å²) in [5.41, 5.74) is 0. The van der Waals surface area contributed by atoms with Crippen molar-refractivity contribution in [3.8, 4) is 0 Å². The van der Waals surface area contributed by atoms with Crippen LogP contribution < -0.4 is 10.6 Å². The van der Waals surface area contributed by atoms with Crippen LogP contribution in [0.2, 0.25) is 0 Å². The second-order valence-electron chi connectivity index (χ2n) is 6.65. The van der Waals surface area contributed by atoms with E-state index < -0.39 is 18.0 Å². The second-order valence-corrected chi connectivity index (χ2v) is 6.65. The minimum absolute atomic E-state index is 0.0116. The van der Waals surface area contributed by atoms with Crippen molar-refractivity contribution in [1.82, 2.24) is 10.6 Å². The van der Waals surface area contributed by atoms with Crippen molar-refractivity contribution in [2.75, 3.05) is 6.54 Å². The molecule has 1 aliphatic carbocycles. The van der Waals surface area contributed by atoms with E-state index in [4.69, 9.17) is 0 Å². The van der Waals surface area contributed by atoms with Gasteiger partial charge in [0.15, 0.2) is 0 Å². The van der Waals surface area contributed by atoms with E-state index in [-0.39, 0.29) is 30.8 Å². The Labute approximate surface area is 124 Å². The molecule has 5 unspecified atom stereocenters. The van der Waals surface area contributed by atoms with Crippen molar-refractivity contribution in [3.05, 3.63) is 0 Å². The highest BCUT2D eigenvalue weighted by molar-refractivity contribution is 5.79. The van der Waals surface area contributed by atoms with Gasteiger partial charge in [-0.3, -0.25) is 4.79 Å². The van der Waals surface area contributed by atoms with Crippen LogP contribution in [0, 0.1) is 17.8 Å². The van der Waals surface area contributed by atoms with E-state index in [9.17, 15) is 18.0 Å². The first kappa shape index (κ1) is 16.6. The summed E-state index contributed by atoms with van der Waals surface area (Å²) in [6.45, 7) is 5.02. The molecule has 1 aliphatic heterocycles. The maximum atomic E-state index is 12.8. The van der Waals surface area contributed by atoms with Crippen molar-refractivity contribution in [2.24, 2.45) is 17.8 Å². The third-order valence-corrected chi connectivity index (χ3v) is 5.03. The Kier molecular flexibility index (Phi) is 5.17. The zero-order valence-corrected chi connectivity index (χ0v) is 12.7. The summed E-state index contributed by atoms with van der Waals surface area (Å²) in [6.07, 6.45) is -2.04. The molecule has 1 saturated carbocycles. The molecule has 2 aliphatic rings. The zero-order valence-electron chi connectivity index (χ0n) is 12.7. The predicted molar refractivity (Wildman–Crippen MR) is 74.7 cm³/mol. The van der Waals surface area contributed by atoms with Crippen molar-refractivity contribution < 1.29 is 18.0 Å². The molecule has 0 spiro atoms. The minimum atomic E-state index is -4.17. The summed E-state index contributed by atoms with van der Waals surface area (Å²) < 4.78 is 38.5. The van der Waals surface area contributed by atoms with Gasteiger partial charge in [0.05, 0.1) is 5.92 Å². The molecule has 122 valence electrons. The van der Waals surface area contributed by atoms with Crippen LogP contribution in [0.3, 0.4) is 0 Å². The second kappa shape index (κ2) is 6.55. The largest absolute Gasteiger partial charge is 0.391 e. The average Bonchev–Trinajstić information content (AvgIpc) is 2.42. The van der Waals surface area contributed by atoms with Crippen LogP contribution in [0.1, 0.15) is 46.0 Å². The van der Waals surface area contributed by atoms with Gasteiger partial charge in [-0.25, -0.2) is 0 Å². The molecule has 0 aromatic heterocycles. The van der Waals surface area contributed by atoms with Crippen LogP contribution in [0.4, 0.5) is 13.2 Å². The predicted octanol–water partition coefficient (Wildman–Crippen LogP) is 2.86. The normalized spacial score (nSPS) is 38.0. The standard InChI is InChI=1S/C15H25F3N2O/c1-9-6-7-19-10(2)13(9)20-14(21)11-4-3-5-12(8-11)15(16,17)18/h9-13,19H,3-8H2,1-2H3,(H,20,21). The Bertz CT molecular complexity index is 362. The van der Waals surface area contributed by atoms with Crippen LogP contribution >= 0.6 is 0 Å². The van der Waals surface area contributed by atoms with Gasteiger partial charge in [0, 0.05) is 18.0 Å². The van der Waals surface area contributed by atoms with Crippen molar-refractivity contribution in [3.63, 3.8) is 0 Å². The smallest absolute Gasteiger partial charge is 0.351 e. The van der Waals surface area contributed by atoms with Gasteiger partial charge in [-0.1, -0.05) is 13.3 Å². The fourth-order valence-electron chi connectivity index (χ4n) is 3.61. The van der Waals surface area contributed by atoms with Crippen molar-refractivity contribution in [1.29, 1.82) is 0 Å². The van der Waals surface area contributed by atoms with Crippen LogP contribution in [-0.4, -0.2) is 30.7 Å². The van der Waals surface area contributed by atoms with Gasteiger partial charge in [-0.2, -0.15) is 13.2 Å². The van der Waals surface area contributed by atoms with E-state index in [0.717, 1.165) is 13.0 Å². The molecule has 2 fully saturated rings. The van der Waals surface area contributed by atoms with E-state index in [1.165, 1.54) is 0 Å². The van der Waals surface area contributed by atoms with Crippen LogP contribution in [0.5, 0.6) is 0 Å². The van der Waals surface area contributed by atoms with Gasteiger partial charge < -0.3 is 10.6 Å². The summed E-state index contributed by atoms with van der Waals surface area (Å²) in [4.78, 5) is 12.3. The molecule has 0 aromatic carbocycles. The van der Waals surface area contributed by atoms with Gasteiger partial charge in [-0.05, 0) is 45.1 Å². The summed E-state index contributed by atoms with van der Waals surface area (Å²) in [6, 6.07) is 0.178. The number of piperidine rings is 1. The van der Waals surface area contributed by atoms with Gasteiger partial charge in [0.1, 0.15) is 0 Å². The number of carbonyl (C=O) groups is 1. The van der Waals surface area contributed by atoms with Crippen LogP contribution in [0.25, 0.3) is 0 Å². The quantitative estimate of drug-likeness (QED) is 0.823. The van der Waals surface area contributed by atoms with Gasteiger partial charge >= 0.3 is 6.18 Å². The highest BCUT2D eigenvalue weighted by Gasteiger charge is 2.44. The maximum Gasteiger partial charge on any atom is 0.391 e. The molecule has 1 amide bonds. The molecule has 1 heterocycles. The lowest BCUT2D eigenvalue weighted by atomic mass is 9.80. The number of rotatable bonds is 2. The Morgan fingerprint density at radius 1 is 1.19 bits per heavy atom. The third kappa shape index (κ3) is 4.11. The Hall–Kier alpha value is -0.780. The van der Waals surface area contributed by atoms with Gasteiger partial charge in [-0.15, -0.1) is 0 Å². The molecule has 5 atom stereocenters. The minimum Gasteiger partial charge on any atom is -0.351 e. The first-order valence-corrected chi connectivity index (χ1v) is 7.89. The summed E-state index contributed by atoms with van der Waals surface area (Å²) in [7, 11) is 0. The molecule has 2 N–H and O–H groups in total. The molecule has 0 aromatic rings. The SMILES string of the molecule is CC1CCNC(C)C1NC(=O)C1CCCC(C(F)(F)F)C1. The summed E-state index contributed by atoms with van der Waals surface area (Å²) in [5.74, 6) is -1.66. The number of amides is 1. The molecular weight excluding hydrogens is 281 g/mol. The van der Waals surface area contributed by atoms with Crippen molar-refractivity contribution >= 4 is 5.91 Å². The van der Waals surface area contributed by atoms with Gasteiger partial charge in [0.2, 0.25) is 5.91 Å². The molecule has 0 radical (unpaired) electrons. The van der Waals surface area contributed by atoms with E-state index in [0.29, 0.717) is 18.8 Å². The average molecular weight is 306 g/mol. The summed E-state index contributed by atoms with van der Waals surface area (Å²) in [5, 5.41) is 6.30. The Morgan fingerprint density at radius 2 is 1.90 bits per heavy atom. The molecule has 0 bridgehead atoms. The Morgan fingerprint density at radius 3 is 2.52 bits per heavy atom. The lowest BCUT2D eigenvalue weighted by Gasteiger charge is -2.38. The molecule has 3 nitrogen and oxygen atoms in total. The topological polar surface area (TPSA) is 41.1 Å². The van der Waals surface area contributed by atoms with E-state index >= 15 is 0 Å². The molecule has 21 heavy (non-hydrogen) atoms. The fourth-order valence-corrected chi connectivity index (χ4v) is 3.61. The summed E-state index contributed by atoms with van der Waals surface area (Å²) >= 11 is 0. The Balaban J connectivity index is 1.93. The third-order valence-electron chi connectivity index (χ3n) is 5.03. The molecule has 6 heteroatoms. The van der Waals surface area contributed by atoms with E-state index in [2.05, 4.69) is 17.6 Å². The molecule has 2 rings (SSSR count). The van der Waals surface area contributed by atoms with Crippen molar-refractivity contribution in [2.45, 2.75) is 64.2 Å². The van der Waals surface area contributed by atoms with Crippen LogP contribution in [-0.2, 0) is 4.79 Å². The lowest BCUT2D eigenvalue weighted by molar-refractivity contribution is -0.186. The maximum absolute atomic E-state index is 12.8. The zero-order chi connectivity index (χ0) is 15.6. The highest BCUT2D eigenvalue weighted by Crippen LogP contribution is 2.40. The highest BCUT2D eigenvalue weighted by atomic mass is 19.4. The molecular formula is C15H25F3N2O. The first-order chi connectivity index (χ1) is 9.79. The first-order valence-electron chi connectivity index (χ1n) is 7.89. The number of hydrogen-bond donors (Lipinski definition) is 2. The fraction of sp³-hybridized carbons (Fsp3) is 0.933. The number of carbonyl (C=O) groups excluding carboxylic acids is 1. The number of hydrogen-bond acceptors (Lipinski definition) is 2.